The van der Waals surface area contributed by atoms with E-state index in [1.165, 1.54) is 22.5 Å². The van der Waals surface area contributed by atoms with Gasteiger partial charge in [-0.2, -0.15) is 0 Å². The minimum atomic E-state index is -0.0414. The number of aromatic nitrogens is 1. The summed E-state index contributed by atoms with van der Waals surface area (Å²) in [6, 6.07) is 26.1. The van der Waals surface area contributed by atoms with Gasteiger partial charge in [0.15, 0.2) is 5.13 Å². The number of amides is 1. The Kier molecular flexibility index (Phi) is 6.03. The molecule has 1 heterocycles. The van der Waals surface area contributed by atoms with E-state index in [9.17, 15) is 4.79 Å². The van der Waals surface area contributed by atoms with E-state index in [0.717, 1.165) is 16.8 Å². The van der Waals surface area contributed by atoms with Crippen molar-refractivity contribution in [2.75, 3.05) is 5.32 Å². The highest BCUT2D eigenvalue weighted by molar-refractivity contribution is 7.14. The average molecular weight is 419 g/mol. The Morgan fingerprint density at radius 1 is 0.862 bits per heavy atom. The molecule has 29 heavy (non-hydrogen) atoms. The molecule has 0 saturated carbocycles. The van der Waals surface area contributed by atoms with Crippen LogP contribution in [0.1, 0.15) is 12.0 Å². The van der Waals surface area contributed by atoms with Crippen molar-refractivity contribution in [1.29, 1.82) is 0 Å². The number of carbonyl (C=O) groups is 1. The molecule has 4 rings (SSSR count). The van der Waals surface area contributed by atoms with Crippen LogP contribution in [0.2, 0.25) is 5.02 Å². The van der Waals surface area contributed by atoms with Gasteiger partial charge in [0.25, 0.3) is 0 Å². The van der Waals surface area contributed by atoms with Crippen molar-refractivity contribution in [1.82, 2.24) is 4.98 Å². The second-order valence-corrected chi connectivity index (χ2v) is 7.95. The summed E-state index contributed by atoms with van der Waals surface area (Å²) in [4.78, 5) is 16.8. The fourth-order valence-electron chi connectivity index (χ4n) is 3.02. The lowest BCUT2D eigenvalue weighted by Crippen LogP contribution is -2.12. The van der Waals surface area contributed by atoms with E-state index >= 15 is 0 Å². The summed E-state index contributed by atoms with van der Waals surface area (Å²) in [7, 11) is 0. The first-order chi connectivity index (χ1) is 14.2. The maximum atomic E-state index is 12.2. The van der Waals surface area contributed by atoms with Crippen LogP contribution in [0.5, 0.6) is 0 Å². The standard InChI is InChI=1S/C24H19ClN2OS/c25-21-13-6-17(7-14-21)8-15-23(28)27-24-26-22(16-29-24)20-11-9-19(10-12-20)18-4-2-1-3-5-18/h1-7,9-14,16H,8,15H2,(H,26,27,28). The smallest absolute Gasteiger partial charge is 0.226 e. The molecular weight excluding hydrogens is 400 g/mol. The first-order valence-corrected chi connectivity index (χ1v) is 10.6. The molecule has 0 saturated heterocycles. The maximum Gasteiger partial charge on any atom is 0.226 e. The van der Waals surface area contributed by atoms with Crippen LogP contribution in [0.3, 0.4) is 0 Å². The number of hydrogen-bond acceptors (Lipinski definition) is 3. The van der Waals surface area contributed by atoms with Crippen LogP contribution >= 0.6 is 22.9 Å². The van der Waals surface area contributed by atoms with Crippen molar-refractivity contribution in [3.63, 3.8) is 0 Å². The Bertz CT molecular complexity index is 1090. The van der Waals surface area contributed by atoms with Crippen LogP contribution in [0.25, 0.3) is 22.4 Å². The van der Waals surface area contributed by atoms with E-state index in [2.05, 4.69) is 46.7 Å². The topological polar surface area (TPSA) is 42.0 Å². The second kappa shape index (κ2) is 9.03. The van der Waals surface area contributed by atoms with E-state index in [0.29, 0.717) is 23.0 Å². The maximum absolute atomic E-state index is 12.2. The molecule has 0 aliphatic carbocycles. The number of carbonyl (C=O) groups excluding carboxylic acids is 1. The number of thiazole rings is 1. The lowest BCUT2D eigenvalue weighted by atomic mass is 10.0. The number of benzene rings is 3. The molecule has 0 bridgehead atoms. The molecule has 3 nitrogen and oxygen atoms in total. The Balaban J connectivity index is 1.36. The van der Waals surface area contributed by atoms with E-state index in [1.807, 2.05) is 47.8 Å². The number of anilines is 1. The number of hydrogen-bond donors (Lipinski definition) is 1. The third-order valence-electron chi connectivity index (χ3n) is 4.59. The van der Waals surface area contributed by atoms with Gasteiger partial charge in [-0.05, 0) is 35.2 Å². The molecule has 0 spiro atoms. The van der Waals surface area contributed by atoms with Crippen molar-refractivity contribution in [3.8, 4) is 22.4 Å². The van der Waals surface area contributed by atoms with Gasteiger partial charge in [-0.25, -0.2) is 4.98 Å². The highest BCUT2D eigenvalue weighted by Crippen LogP contribution is 2.27. The summed E-state index contributed by atoms with van der Waals surface area (Å²) in [6.45, 7) is 0. The first kappa shape index (κ1) is 19.4. The van der Waals surface area contributed by atoms with Gasteiger partial charge in [0.2, 0.25) is 5.91 Å². The molecule has 4 aromatic rings. The van der Waals surface area contributed by atoms with Gasteiger partial charge in [0.05, 0.1) is 5.69 Å². The summed E-state index contributed by atoms with van der Waals surface area (Å²) < 4.78 is 0. The third kappa shape index (κ3) is 5.11. The van der Waals surface area contributed by atoms with Gasteiger partial charge in [-0.15, -0.1) is 11.3 Å². The van der Waals surface area contributed by atoms with Crippen LogP contribution in [-0.2, 0) is 11.2 Å². The fraction of sp³-hybridized carbons (Fsp3) is 0.0833. The van der Waals surface area contributed by atoms with Gasteiger partial charge < -0.3 is 5.32 Å². The second-order valence-electron chi connectivity index (χ2n) is 6.66. The van der Waals surface area contributed by atoms with Crippen molar-refractivity contribution in [2.45, 2.75) is 12.8 Å². The van der Waals surface area contributed by atoms with Gasteiger partial charge in [-0.1, -0.05) is 78.3 Å². The molecule has 5 heteroatoms. The molecule has 1 amide bonds. The normalized spacial score (nSPS) is 10.7. The quantitative estimate of drug-likeness (QED) is 0.378. The van der Waals surface area contributed by atoms with Gasteiger partial charge in [-0.3, -0.25) is 4.79 Å². The minimum absolute atomic E-state index is 0.0414. The Hall–Kier alpha value is -2.95. The summed E-state index contributed by atoms with van der Waals surface area (Å²) in [5, 5.41) is 6.18. The van der Waals surface area contributed by atoms with Crippen molar-refractivity contribution in [2.24, 2.45) is 0 Å². The average Bonchev–Trinajstić information content (AvgIpc) is 3.22. The highest BCUT2D eigenvalue weighted by Gasteiger charge is 2.09. The molecule has 0 atom stereocenters. The van der Waals surface area contributed by atoms with E-state index < -0.39 is 0 Å². The molecular formula is C24H19ClN2OS. The van der Waals surface area contributed by atoms with Crippen molar-refractivity contribution < 1.29 is 4.79 Å². The predicted molar refractivity (Wildman–Crippen MR) is 121 cm³/mol. The van der Waals surface area contributed by atoms with Crippen LogP contribution in [0, 0.1) is 0 Å². The lowest BCUT2D eigenvalue weighted by Gasteiger charge is -2.03. The number of halogens is 1. The summed E-state index contributed by atoms with van der Waals surface area (Å²) in [5.41, 5.74) is 5.33. The third-order valence-corrected chi connectivity index (χ3v) is 5.60. The number of aryl methyl sites for hydroxylation is 1. The summed E-state index contributed by atoms with van der Waals surface area (Å²) >= 11 is 7.32. The molecule has 0 aliphatic heterocycles. The SMILES string of the molecule is O=C(CCc1ccc(Cl)cc1)Nc1nc(-c2ccc(-c3ccccc3)cc2)cs1. The van der Waals surface area contributed by atoms with Gasteiger partial charge in [0, 0.05) is 22.4 Å². The van der Waals surface area contributed by atoms with Crippen molar-refractivity contribution >= 4 is 34.0 Å². The summed E-state index contributed by atoms with van der Waals surface area (Å²) in [6.07, 6.45) is 1.07. The van der Waals surface area contributed by atoms with Crippen LogP contribution in [0.15, 0.2) is 84.2 Å². The van der Waals surface area contributed by atoms with Crippen LogP contribution in [-0.4, -0.2) is 10.9 Å². The fourth-order valence-corrected chi connectivity index (χ4v) is 3.88. The molecule has 1 N–H and O–H groups in total. The highest BCUT2D eigenvalue weighted by atomic mass is 35.5. The van der Waals surface area contributed by atoms with Crippen LogP contribution < -0.4 is 5.32 Å². The Morgan fingerprint density at radius 3 is 2.24 bits per heavy atom. The number of nitrogens with one attached hydrogen (secondary N) is 1. The van der Waals surface area contributed by atoms with Crippen molar-refractivity contribution in [3.05, 3.63) is 94.8 Å². The van der Waals surface area contributed by atoms with Crippen LogP contribution in [0.4, 0.5) is 5.13 Å². The van der Waals surface area contributed by atoms with E-state index in [4.69, 9.17) is 11.6 Å². The van der Waals surface area contributed by atoms with Gasteiger partial charge in [0.1, 0.15) is 0 Å². The zero-order valence-corrected chi connectivity index (χ0v) is 17.2. The molecule has 0 unspecified atom stereocenters. The lowest BCUT2D eigenvalue weighted by molar-refractivity contribution is -0.116. The molecule has 3 aromatic carbocycles. The largest absolute Gasteiger partial charge is 0.302 e. The molecule has 0 fully saturated rings. The molecule has 0 aliphatic rings. The zero-order chi connectivity index (χ0) is 20.1. The number of nitrogens with zero attached hydrogens (tertiary/aromatic N) is 1. The Labute approximate surface area is 179 Å². The molecule has 0 radical (unpaired) electrons. The molecule has 1 aromatic heterocycles. The number of rotatable bonds is 6. The first-order valence-electron chi connectivity index (χ1n) is 9.33. The van der Waals surface area contributed by atoms with E-state index in [-0.39, 0.29) is 5.91 Å². The predicted octanol–water partition coefficient (Wildman–Crippen LogP) is 6.70. The zero-order valence-electron chi connectivity index (χ0n) is 15.6. The van der Waals surface area contributed by atoms with E-state index in [1.54, 1.807) is 0 Å². The molecule has 144 valence electrons. The van der Waals surface area contributed by atoms with Gasteiger partial charge >= 0.3 is 0 Å². The monoisotopic (exact) mass is 418 g/mol. The Morgan fingerprint density at radius 2 is 1.52 bits per heavy atom. The minimum Gasteiger partial charge on any atom is -0.302 e. The summed E-state index contributed by atoms with van der Waals surface area (Å²) in [5.74, 6) is -0.0414.